The summed E-state index contributed by atoms with van der Waals surface area (Å²) in [7, 11) is 1.65. The molecule has 1 aliphatic heterocycles. The van der Waals surface area contributed by atoms with E-state index >= 15 is 0 Å². The lowest BCUT2D eigenvalue weighted by Crippen LogP contribution is -2.30. The second-order valence-corrected chi connectivity index (χ2v) is 5.50. The van der Waals surface area contributed by atoms with Gasteiger partial charge in [-0.05, 0) is 36.4 Å². The number of rotatable bonds is 3. The average Bonchev–Trinajstić information content (AvgIpc) is 3.02. The molecule has 1 atom stereocenters. The van der Waals surface area contributed by atoms with E-state index in [1.807, 2.05) is 41.3 Å². The first-order valence-corrected chi connectivity index (χ1v) is 7.29. The number of halogens is 1. The van der Waals surface area contributed by atoms with Gasteiger partial charge in [0.15, 0.2) is 0 Å². The second kappa shape index (κ2) is 6.99. The molecule has 0 aromatic heterocycles. The number of methoxy groups -OCH3 is 1. The molecule has 5 heteroatoms. The van der Waals surface area contributed by atoms with Gasteiger partial charge in [0, 0.05) is 24.0 Å². The van der Waals surface area contributed by atoms with Crippen LogP contribution in [0.3, 0.4) is 0 Å². The van der Waals surface area contributed by atoms with Crippen molar-refractivity contribution in [2.45, 2.75) is 6.42 Å². The van der Waals surface area contributed by atoms with Crippen molar-refractivity contribution in [3.8, 4) is 5.75 Å². The van der Waals surface area contributed by atoms with Gasteiger partial charge in [0.05, 0.1) is 7.11 Å². The molecule has 0 spiro atoms. The number of ether oxygens (including phenoxy) is 1. The van der Waals surface area contributed by atoms with Gasteiger partial charge in [-0.2, -0.15) is 0 Å². The summed E-state index contributed by atoms with van der Waals surface area (Å²) >= 11 is 0. The van der Waals surface area contributed by atoms with Crippen LogP contribution >= 0.6 is 12.4 Å². The maximum Gasteiger partial charge on any atom is 0.254 e. The third-order valence-electron chi connectivity index (χ3n) is 4.24. The van der Waals surface area contributed by atoms with E-state index in [0.29, 0.717) is 12.5 Å². The number of hydrogen-bond donors (Lipinski definition) is 1. The number of fused-ring (bicyclic) bond motifs is 1. The molecule has 1 fully saturated rings. The maximum atomic E-state index is 12.8. The predicted molar refractivity (Wildman–Crippen MR) is 90.8 cm³/mol. The summed E-state index contributed by atoms with van der Waals surface area (Å²) in [5.41, 5.74) is 6.45. The molecule has 2 aromatic rings. The molecule has 1 heterocycles. The van der Waals surface area contributed by atoms with Crippen molar-refractivity contribution >= 4 is 29.1 Å². The molecule has 1 unspecified atom stereocenters. The topological polar surface area (TPSA) is 55.6 Å². The van der Waals surface area contributed by atoms with Crippen LogP contribution in [0.2, 0.25) is 0 Å². The quantitative estimate of drug-likeness (QED) is 0.946. The molecular formula is C17H21ClN2O2. The van der Waals surface area contributed by atoms with Crippen molar-refractivity contribution in [3.63, 3.8) is 0 Å². The first kappa shape index (κ1) is 16.6. The minimum Gasteiger partial charge on any atom is -0.496 e. The van der Waals surface area contributed by atoms with E-state index in [1.54, 1.807) is 7.11 Å². The number of nitrogens with two attached hydrogens (primary N) is 1. The standard InChI is InChI=1S/C17H20N2O2.ClH/c1-21-16-7-6-15(13-4-2-3-5-14(13)16)17(20)19-9-8-12(10-18)11-19;/h2-7,12H,8-11,18H2,1H3;1H. The van der Waals surface area contributed by atoms with Crippen LogP contribution in [0.25, 0.3) is 10.8 Å². The van der Waals surface area contributed by atoms with E-state index in [1.165, 1.54) is 0 Å². The van der Waals surface area contributed by atoms with Crippen LogP contribution in [0, 0.1) is 5.92 Å². The molecule has 1 amide bonds. The van der Waals surface area contributed by atoms with E-state index in [9.17, 15) is 4.79 Å². The van der Waals surface area contributed by atoms with Gasteiger partial charge in [-0.3, -0.25) is 4.79 Å². The minimum absolute atomic E-state index is 0. The van der Waals surface area contributed by atoms with Crippen LogP contribution in [-0.2, 0) is 0 Å². The summed E-state index contributed by atoms with van der Waals surface area (Å²) in [5.74, 6) is 1.31. The van der Waals surface area contributed by atoms with Crippen LogP contribution < -0.4 is 10.5 Å². The molecule has 0 radical (unpaired) electrons. The van der Waals surface area contributed by atoms with Gasteiger partial charge in [0.25, 0.3) is 5.91 Å². The highest BCUT2D eigenvalue weighted by atomic mass is 35.5. The molecule has 2 aromatic carbocycles. The molecule has 0 saturated carbocycles. The van der Waals surface area contributed by atoms with Crippen molar-refractivity contribution in [3.05, 3.63) is 42.0 Å². The highest BCUT2D eigenvalue weighted by molar-refractivity contribution is 6.08. The van der Waals surface area contributed by atoms with Crippen LogP contribution in [0.4, 0.5) is 0 Å². The van der Waals surface area contributed by atoms with Gasteiger partial charge in [0.2, 0.25) is 0 Å². The summed E-state index contributed by atoms with van der Waals surface area (Å²) in [5, 5.41) is 1.92. The smallest absolute Gasteiger partial charge is 0.254 e. The lowest BCUT2D eigenvalue weighted by Gasteiger charge is -2.18. The number of nitrogens with zero attached hydrogens (tertiary/aromatic N) is 1. The van der Waals surface area contributed by atoms with E-state index in [0.717, 1.165) is 41.6 Å². The molecule has 4 nitrogen and oxygen atoms in total. The van der Waals surface area contributed by atoms with Crippen molar-refractivity contribution in [2.75, 3.05) is 26.7 Å². The summed E-state index contributed by atoms with van der Waals surface area (Å²) in [6.45, 7) is 2.20. The first-order chi connectivity index (χ1) is 10.2. The summed E-state index contributed by atoms with van der Waals surface area (Å²) in [4.78, 5) is 14.7. The van der Waals surface area contributed by atoms with Crippen molar-refractivity contribution < 1.29 is 9.53 Å². The number of carbonyl (C=O) groups excluding carboxylic acids is 1. The minimum atomic E-state index is 0. The monoisotopic (exact) mass is 320 g/mol. The first-order valence-electron chi connectivity index (χ1n) is 7.29. The van der Waals surface area contributed by atoms with E-state index in [2.05, 4.69) is 0 Å². The van der Waals surface area contributed by atoms with E-state index in [4.69, 9.17) is 10.5 Å². The van der Waals surface area contributed by atoms with Crippen molar-refractivity contribution in [2.24, 2.45) is 11.7 Å². The predicted octanol–water partition coefficient (Wildman–Crippen LogP) is 2.69. The normalized spacial score (nSPS) is 17.4. The van der Waals surface area contributed by atoms with Crippen LogP contribution in [0.15, 0.2) is 36.4 Å². The second-order valence-electron chi connectivity index (χ2n) is 5.50. The van der Waals surface area contributed by atoms with Crippen LogP contribution in [-0.4, -0.2) is 37.6 Å². The third-order valence-corrected chi connectivity index (χ3v) is 4.24. The SMILES string of the molecule is COc1ccc(C(=O)N2CCC(CN)C2)c2ccccc12.Cl. The zero-order chi connectivity index (χ0) is 14.8. The molecular weight excluding hydrogens is 300 g/mol. The van der Waals surface area contributed by atoms with Crippen LogP contribution in [0.1, 0.15) is 16.8 Å². The lowest BCUT2D eigenvalue weighted by atomic mass is 10.0. The van der Waals surface area contributed by atoms with Gasteiger partial charge < -0.3 is 15.4 Å². The van der Waals surface area contributed by atoms with Gasteiger partial charge in [0.1, 0.15) is 5.75 Å². The Balaban J connectivity index is 0.00000176. The Bertz CT molecular complexity index is 675. The highest BCUT2D eigenvalue weighted by Crippen LogP contribution is 2.30. The summed E-state index contributed by atoms with van der Waals surface area (Å²) in [6, 6.07) is 11.6. The molecule has 2 N–H and O–H groups in total. The maximum absolute atomic E-state index is 12.8. The fourth-order valence-electron chi connectivity index (χ4n) is 3.02. The molecule has 3 rings (SSSR count). The summed E-state index contributed by atoms with van der Waals surface area (Å²) in [6.07, 6.45) is 0.996. The van der Waals surface area contributed by atoms with Gasteiger partial charge in [-0.1, -0.05) is 24.3 Å². The Morgan fingerprint density at radius 2 is 2.00 bits per heavy atom. The fraction of sp³-hybridized carbons (Fsp3) is 0.353. The van der Waals surface area contributed by atoms with Crippen molar-refractivity contribution in [1.29, 1.82) is 0 Å². The number of carbonyl (C=O) groups is 1. The highest BCUT2D eigenvalue weighted by Gasteiger charge is 2.27. The number of benzene rings is 2. The van der Waals surface area contributed by atoms with E-state index < -0.39 is 0 Å². The Hall–Kier alpha value is -1.78. The molecule has 22 heavy (non-hydrogen) atoms. The fourth-order valence-corrected chi connectivity index (χ4v) is 3.02. The Labute approximate surface area is 136 Å². The molecule has 0 bridgehead atoms. The molecule has 1 saturated heterocycles. The third kappa shape index (κ3) is 2.89. The van der Waals surface area contributed by atoms with Gasteiger partial charge in [-0.15, -0.1) is 12.4 Å². The Morgan fingerprint density at radius 3 is 2.64 bits per heavy atom. The van der Waals surface area contributed by atoms with Crippen LogP contribution in [0.5, 0.6) is 5.75 Å². The van der Waals surface area contributed by atoms with E-state index in [-0.39, 0.29) is 18.3 Å². The number of likely N-dealkylation sites (tertiary alicyclic amines) is 1. The molecule has 0 aliphatic carbocycles. The van der Waals surface area contributed by atoms with Gasteiger partial charge in [-0.25, -0.2) is 0 Å². The van der Waals surface area contributed by atoms with Crippen molar-refractivity contribution in [1.82, 2.24) is 4.90 Å². The number of hydrogen-bond acceptors (Lipinski definition) is 3. The molecule has 118 valence electrons. The Kier molecular flexibility index (Phi) is 5.27. The number of amides is 1. The average molecular weight is 321 g/mol. The molecule has 1 aliphatic rings. The lowest BCUT2D eigenvalue weighted by molar-refractivity contribution is 0.0789. The zero-order valence-corrected chi connectivity index (χ0v) is 13.4. The zero-order valence-electron chi connectivity index (χ0n) is 12.6. The Morgan fingerprint density at radius 1 is 1.27 bits per heavy atom. The summed E-state index contributed by atoms with van der Waals surface area (Å²) < 4.78 is 5.38. The largest absolute Gasteiger partial charge is 0.496 e. The van der Waals surface area contributed by atoms with Gasteiger partial charge >= 0.3 is 0 Å².